The topological polar surface area (TPSA) is 34.4 Å². The Bertz CT molecular complexity index is 731. The number of hydrogen-bond donors (Lipinski definition) is 0. The molecule has 0 atom stereocenters. The average Bonchev–Trinajstić information content (AvgIpc) is 2.73. The first kappa shape index (κ1) is 14.5. The highest BCUT2D eigenvalue weighted by molar-refractivity contribution is 7.16. The van der Waals surface area contributed by atoms with E-state index in [1.807, 2.05) is 4.57 Å². The zero-order valence-electron chi connectivity index (χ0n) is 11.8. The molecule has 20 heavy (non-hydrogen) atoms. The van der Waals surface area contributed by atoms with E-state index < -0.39 is 0 Å². The molecule has 0 bridgehead atoms. The fourth-order valence-corrected chi connectivity index (χ4v) is 3.26. The molecule has 1 amide bonds. The zero-order valence-corrected chi connectivity index (χ0v) is 12.7. The van der Waals surface area contributed by atoms with Gasteiger partial charge in [-0.15, -0.1) is 6.42 Å². The first-order valence-corrected chi connectivity index (χ1v) is 7.58. The largest absolute Gasteiger partial charge is 0.305 e. The van der Waals surface area contributed by atoms with Gasteiger partial charge in [-0.1, -0.05) is 36.7 Å². The number of fused-ring (bicyclic) bond motifs is 1. The Hall–Kier alpha value is -1.86. The van der Waals surface area contributed by atoms with Gasteiger partial charge >= 0.3 is 0 Å². The van der Waals surface area contributed by atoms with Crippen LogP contribution in [0, 0.1) is 12.3 Å². The molecule has 104 valence electrons. The minimum atomic E-state index is -0.200. The molecule has 0 aliphatic heterocycles. The van der Waals surface area contributed by atoms with Crippen molar-refractivity contribution in [3.05, 3.63) is 28.6 Å². The van der Waals surface area contributed by atoms with Gasteiger partial charge in [-0.2, -0.15) is 4.99 Å². The quantitative estimate of drug-likeness (QED) is 0.795. The minimum absolute atomic E-state index is 0.200. The van der Waals surface area contributed by atoms with E-state index in [4.69, 9.17) is 6.42 Å². The summed E-state index contributed by atoms with van der Waals surface area (Å²) in [6, 6.07) is 6.39. The molecule has 0 saturated heterocycles. The van der Waals surface area contributed by atoms with Crippen LogP contribution >= 0.6 is 11.3 Å². The van der Waals surface area contributed by atoms with Crippen LogP contribution in [-0.2, 0) is 17.8 Å². The van der Waals surface area contributed by atoms with Gasteiger partial charge in [-0.3, -0.25) is 4.79 Å². The smallest absolute Gasteiger partial charge is 0.245 e. The third-order valence-corrected chi connectivity index (χ3v) is 4.11. The number of benzene rings is 1. The summed E-state index contributed by atoms with van der Waals surface area (Å²) >= 11 is 1.52. The van der Waals surface area contributed by atoms with Crippen molar-refractivity contribution in [1.82, 2.24) is 4.57 Å². The number of unbranched alkanes of at least 4 members (excludes halogenated alkanes) is 1. The summed E-state index contributed by atoms with van der Waals surface area (Å²) < 4.78 is 3.05. The second kappa shape index (κ2) is 6.53. The molecule has 0 N–H and O–H groups in total. The molecule has 1 heterocycles. The van der Waals surface area contributed by atoms with Crippen LogP contribution in [0.3, 0.4) is 0 Å². The number of carbonyl (C=O) groups is 1. The lowest BCUT2D eigenvalue weighted by Crippen LogP contribution is -2.15. The van der Waals surface area contributed by atoms with Crippen molar-refractivity contribution < 1.29 is 4.79 Å². The Morgan fingerprint density at radius 1 is 1.50 bits per heavy atom. The predicted octanol–water partition coefficient (Wildman–Crippen LogP) is 3.13. The number of nitrogens with zero attached hydrogens (tertiary/aromatic N) is 2. The van der Waals surface area contributed by atoms with Crippen LogP contribution in [0.1, 0.15) is 32.3 Å². The molecule has 0 radical (unpaired) electrons. The minimum Gasteiger partial charge on any atom is -0.305 e. The Morgan fingerprint density at radius 3 is 2.95 bits per heavy atom. The molecule has 3 nitrogen and oxygen atoms in total. The molecule has 0 aliphatic rings. The summed E-state index contributed by atoms with van der Waals surface area (Å²) in [5, 5.41) is 0. The highest BCUT2D eigenvalue weighted by Crippen LogP contribution is 2.20. The van der Waals surface area contributed by atoms with E-state index in [0.29, 0.717) is 11.3 Å². The molecule has 1 aromatic heterocycles. The first-order valence-electron chi connectivity index (χ1n) is 6.76. The molecule has 1 aromatic carbocycles. The van der Waals surface area contributed by atoms with Crippen molar-refractivity contribution in [1.29, 1.82) is 0 Å². The second-order valence-corrected chi connectivity index (χ2v) is 5.72. The highest BCUT2D eigenvalue weighted by atomic mass is 32.1. The van der Waals surface area contributed by atoms with Crippen molar-refractivity contribution in [2.45, 2.75) is 39.7 Å². The van der Waals surface area contributed by atoms with Crippen molar-refractivity contribution in [3.63, 3.8) is 0 Å². The maximum atomic E-state index is 11.2. The van der Waals surface area contributed by atoms with Gasteiger partial charge in [0.2, 0.25) is 5.91 Å². The number of aromatic nitrogens is 1. The van der Waals surface area contributed by atoms with E-state index >= 15 is 0 Å². The van der Waals surface area contributed by atoms with Gasteiger partial charge in [0.1, 0.15) is 0 Å². The number of hydrogen-bond acceptors (Lipinski definition) is 2. The van der Waals surface area contributed by atoms with Crippen LogP contribution in [0.25, 0.3) is 10.2 Å². The number of thiazole rings is 1. The molecular weight excluding hydrogens is 268 g/mol. The van der Waals surface area contributed by atoms with Crippen molar-refractivity contribution in [2.24, 2.45) is 4.99 Å². The van der Waals surface area contributed by atoms with Crippen LogP contribution in [0.15, 0.2) is 23.2 Å². The maximum absolute atomic E-state index is 11.2. The van der Waals surface area contributed by atoms with E-state index in [1.165, 1.54) is 36.7 Å². The van der Waals surface area contributed by atoms with Crippen molar-refractivity contribution in [3.8, 4) is 12.3 Å². The fraction of sp³-hybridized carbons (Fsp3) is 0.375. The molecule has 0 aliphatic carbocycles. The Labute approximate surface area is 123 Å². The maximum Gasteiger partial charge on any atom is 0.245 e. The molecule has 2 rings (SSSR count). The molecule has 4 heteroatoms. The summed E-state index contributed by atoms with van der Waals surface area (Å²) in [7, 11) is 0. The fourth-order valence-electron chi connectivity index (χ4n) is 2.12. The second-order valence-electron chi connectivity index (χ2n) is 4.71. The molecule has 0 saturated carbocycles. The van der Waals surface area contributed by atoms with Crippen LogP contribution in [-0.4, -0.2) is 10.5 Å². The lowest BCUT2D eigenvalue weighted by molar-refractivity contribution is -0.116. The SMILES string of the molecule is C#CCn1c(=NC(C)=O)sc2cc(CCCC)ccc21. The molecule has 0 fully saturated rings. The van der Waals surface area contributed by atoms with Gasteiger partial charge in [0.05, 0.1) is 16.8 Å². The summed E-state index contributed by atoms with van der Waals surface area (Å²) in [4.78, 5) is 16.0. The van der Waals surface area contributed by atoms with E-state index in [1.54, 1.807) is 0 Å². The Morgan fingerprint density at radius 2 is 2.30 bits per heavy atom. The number of terminal acetylenes is 1. The third kappa shape index (κ3) is 3.17. The summed E-state index contributed by atoms with van der Waals surface area (Å²) in [5.74, 6) is 2.42. The van der Waals surface area contributed by atoms with Crippen LogP contribution in [0.5, 0.6) is 0 Å². The third-order valence-electron chi connectivity index (χ3n) is 3.07. The summed E-state index contributed by atoms with van der Waals surface area (Å²) in [6.45, 7) is 4.08. The molecular formula is C16H18N2OS. The van der Waals surface area contributed by atoms with E-state index in [9.17, 15) is 4.79 Å². The Kier molecular flexibility index (Phi) is 4.75. The van der Waals surface area contributed by atoms with Gasteiger partial charge < -0.3 is 4.57 Å². The van der Waals surface area contributed by atoms with Gasteiger partial charge in [-0.05, 0) is 30.5 Å². The number of rotatable bonds is 4. The Balaban J connectivity index is 2.55. The normalized spacial score (nSPS) is 11.8. The van der Waals surface area contributed by atoms with Gasteiger partial charge in [0.15, 0.2) is 4.80 Å². The van der Waals surface area contributed by atoms with Gasteiger partial charge in [0, 0.05) is 6.92 Å². The summed E-state index contributed by atoms with van der Waals surface area (Å²) in [5.41, 5.74) is 2.37. The van der Waals surface area contributed by atoms with Crippen LogP contribution in [0.2, 0.25) is 0 Å². The first-order chi connectivity index (χ1) is 9.65. The molecule has 0 unspecified atom stereocenters. The van der Waals surface area contributed by atoms with Crippen LogP contribution < -0.4 is 4.80 Å². The van der Waals surface area contributed by atoms with Crippen LogP contribution in [0.4, 0.5) is 0 Å². The zero-order chi connectivity index (χ0) is 14.5. The van der Waals surface area contributed by atoms with E-state index in [0.717, 1.165) is 16.6 Å². The monoisotopic (exact) mass is 286 g/mol. The van der Waals surface area contributed by atoms with E-state index in [-0.39, 0.29) is 5.91 Å². The lowest BCUT2D eigenvalue weighted by Gasteiger charge is -2.02. The number of aryl methyl sites for hydroxylation is 1. The van der Waals surface area contributed by atoms with Gasteiger partial charge in [0.25, 0.3) is 0 Å². The molecule has 2 aromatic rings. The van der Waals surface area contributed by atoms with Crippen molar-refractivity contribution in [2.75, 3.05) is 0 Å². The number of carbonyl (C=O) groups excluding carboxylic acids is 1. The summed E-state index contributed by atoms with van der Waals surface area (Å²) in [6.07, 6.45) is 8.87. The lowest BCUT2D eigenvalue weighted by atomic mass is 10.1. The predicted molar refractivity (Wildman–Crippen MR) is 83.5 cm³/mol. The highest BCUT2D eigenvalue weighted by Gasteiger charge is 2.07. The van der Waals surface area contributed by atoms with Crippen molar-refractivity contribution >= 4 is 27.5 Å². The standard InChI is InChI=1S/C16H18N2OS/c1-4-6-7-13-8-9-14-15(11-13)20-16(17-12(3)19)18(14)10-5-2/h2,8-9,11H,4,6-7,10H2,1,3H3. The number of amides is 1. The van der Waals surface area contributed by atoms with Gasteiger partial charge in [-0.25, -0.2) is 0 Å². The van der Waals surface area contributed by atoms with E-state index in [2.05, 4.69) is 36.0 Å². The average molecular weight is 286 g/mol. The molecule has 0 spiro atoms.